The maximum Gasteiger partial charge on any atom is 0.237 e. The van der Waals surface area contributed by atoms with Gasteiger partial charge in [-0.25, -0.2) is 0 Å². The smallest absolute Gasteiger partial charge is 0.237 e. The molecule has 1 saturated heterocycles. The number of likely N-dealkylation sites (tertiary alicyclic amines) is 1. The van der Waals surface area contributed by atoms with Gasteiger partial charge in [0.25, 0.3) is 0 Å². The van der Waals surface area contributed by atoms with Gasteiger partial charge in [0.05, 0.1) is 6.04 Å². The number of carbonyl (C=O) groups excluding carboxylic acids is 1. The van der Waals surface area contributed by atoms with E-state index in [0.29, 0.717) is 6.54 Å². The molecule has 0 aliphatic carbocycles. The third kappa shape index (κ3) is 5.60. The van der Waals surface area contributed by atoms with E-state index >= 15 is 0 Å². The summed E-state index contributed by atoms with van der Waals surface area (Å²) in [4.78, 5) is 14.6. The van der Waals surface area contributed by atoms with Crippen molar-refractivity contribution < 1.29 is 4.79 Å². The van der Waals surface area contributed by atoms with Gasteiger partial charge >= 0.3 is 0 Å². The molecule has 1 atom stereocenters. The van der Waals surface area contributed by atoms with Gasteiger partial charge in [-0.15, -0.1) is 0 Å². The second-order valence-corrected chi connectivity index (χ2v) is 8.34. The average molecular weight is 332 g/mol. The highest BCUT2D eigenvalue weighted by Gasteiger charge is 2.27. The first-order valence-corrected chi connectivity index (χ1v) is 9.09. The Balaban J connectivity index is 1.81. The molecule has 0 aromatic heterocycles. The predicted molar refractivity (Wildman–Crippen MR) is 99.4 cm³/mol. The van der Waals surface area contributed by atoms with Gasteiger partial charge in [0.2, 0.25) is 5.91 Å². The lowest BCUT2D eigenvalue weighted by Gasteiger charge is -2.30. The molecule has 1 aliphatic heterocycles. The van der Waals surface area contributed by atoms with E-state index in [-0.39, 0.29) is 11.3 Å². The minimum absolute atomic E-state index is 0.0889. The Labute approximate surface area is 146 Å². The van der Waals surface area contributed by atoms with Crippen LogP contribution in [0.25, 0.3) is 0 Å². The molecule has 2 rings (SSSR count). The molecular formula is C20H33N3O. The summed E-state index contributed by atoms with van der Waals surface area (Å²) in [5.74, 6) is 0.778. The molecule has 3 N–H and O–H groups in total. The number of hydrogen-bond acceptors (Lipinski definition) is 3. The number of nitrogens with one attached hydrogen (secondary N) is 1. The molecule has 24 heavy (non-hydrogen) atoms. The number of amides is 1. The molecular weight excluding hydrogens is 298 g/mol. The fraction of sp³-hybridized carbons (Fsp3) is 0.650. The molecule has 4 heteroatoms. The van der Waals surface area contributed by atoms with Gasteiger partial charge in [0.15, 0.2) is 0 Å². The first kappa shape index (κ1) is 18.9. The highest BCUT2D eigenvalue weighted by Crippen LogP contribution is 2.19. The van der Waals surface area contributed by atoms with Crippen molar-refractivity contribution in [2.24, 2.45) is 17.1 Å². The lowest BCUT2D eigenvalue weighted by atomic mass is 9.87. The Hall–Kier alpha value is -1.39. The van der Waals surface area contributed by atoms with Gasteiger partial charge in [0, 0.05) is 13.1 Å². The molecule has 0 saturated carbocycles. The summed E-state index contributed by atoms with van der Waals surface area (Å²) in [5.41, 5.74) is 8.21. The monoisotopic (exact) mass is 331 g/mol. The Morgan fingerprint density at radius 1 is 1.21 bits per heavy atom. The molecule has 134 valence electrons. The second kappa shape index (κ2) is 8.13. The molecule has 1 fully saturated rings. The lowest BCUT2D eigenvalue weighted by molar-refractivity contribution is -0.124. The van der Waals surface area contributed by atoms with Gasteiger partial charge in [0.1, 0.15) is 0 Å². The highest BCUT2D eigenvalue weighted by atomic mass is 16.2. The summed E-state index contributed by atoms with van der Waals surface area (Å²) in [6.07, 6.45) is 2.61. The largest absolute Gasteiger partial charge is 0.351 e. The molecule has 1 heterocycles. The number of hydrogen-bond donors (Lipinski definition) is 2. The third-order valence-electron chi connectivity index (χ3n) is 4.99. The maximum atomic E-state index is 12.1. The van der Waals surface area contributed by atoms with Crippen LogP contribution in [0.4, 0.5) is 0 Å². The van der Waals surface area contributed by atoms with E-state index in [1.165, 1.54) is 31.5 Å². The van der Waals surface area contributed by atoms with E-state index in [1.54, 1.807) is 0 Å². The first-order valence-electron chi connectivity index (χ1n) is 9.09. The first-order chi connectivity index (χ1) is 11.3. The normalized spacial score (nSPS) is 18.4. The van der Waals surface area contributed by atoms with Crippen LogP contribution in [0.15, 0.2) is 24.3 Å². The Morgan fingerprint density at radius 3 is 2.29 bits per heavy atom. The zero-order chi connectivity index (χ0) is 17.7. The van der Waals surface area contributed by atoms with Crippen molar-refractivity contribution in [2.45, 2.75) is 59.7 Å². The summed E-state index contributed by atoms with van der Waals surface area (Å²) in [7, 11) is 0. The van der Waals surface area contributed by atoms with Crippen LogP contribution in [-0.2, 0) is 17.9 Å². The third-order valence-corrected chi connectivity index (χ3v) is 4.99. The summed E-state index contributed by atoms with van der Waals surface area (Å²) in [5, 5.41) is 2.94. The molecule has 0 bridgehead atoms. The Morgan fingerprint density at radius 2 is 1.75 bits per heavy atom. The van der Waals surface area contributed by atoms with Crippen molar-refractivity contribution >= 4 is 5.91 Å². The zero-order valence-electron chi connectivity index (χ0n) is 15.6. The van der Waals surface area contributed by atoms with E-state index in [0.717, 1.165) is 18.0 Å². The van der Waals surface area contributed by atoms with E-state index < -0.39 is 6.04 Å². The van der Waals surface area contributed by atoms with E-state index in [1.807, 2.05) is 20.8 Å². The van der Waals surface area contributed by atoms with Crippen LogP contribution in [0.3, 0.4) is 0 Å². The number of piperidine rings is 1. The number of benzene rings is 1. The van der Waals surface area contributed by atoms with Crippen molar-refractivity contribution in [1.82, 2.24) is 10.2 Å². The van der Waals surface area contributed by atoms with Crippen LogP contribution >= 0.6 is 0 Å². The number of nitrogens with two attached hydrogens (primary N) is 1. The van der Waals surface area contributed by atoms with E-state index in [4.69, 9.17) is 5.73 Å². The molecule has 1 aromatic rings. The SMILES string of the molecule is CC1CCN(Cc2ccc(CNC(=O)[C@@H](N)C(C)(C)C)cc2)CC1. The van der Waals surface area contributed by atoms with Crippen molar-refractivity contribution in [3.05, 3.63) is 35.4 Å². The molecule has 0 unspecified atom stereocenters. The second-order valence-electron chi connectivity index (χ2n) is 8.34. The highest BCUT2D eigenvalue weighted by molar-refractivity contribution is 5.82. The summed E-state index contributed by atoms with van der Waals surface area (Å²) >= 11 is 0. The fourth-order valence-electron chi connectivity index (χ4n) is 2.93. The van der Waals surface area contributed by atoms with Gasteiger partial charge in [-0.2, -0.15) is 0 Å². The minimum atomic E-state index is -0.488. The van der Waals surface area contributed by atoms with Gasteiger partial charge < -0.3 is 11.1 Å². The van der Waals surface area contributed by atoms with Crippen LogP contribution < -0.4 is 11.1 Å². The van der Waals surface area contributed by atoms with Crippen LogP contribution in [0.5, 0.6) is 0 Å². The van der Waals surface area contributed by atoms with Gasteiger partial charge in [-0.3, -0.25) is 9.69 Å². The molecule has 0 spiro atoms. The molecule has 1 amide bonds. The van der Waals surface area contributed by atoms with Crippen molar-refractivity contribution in [3.8, 4) is 0 Å². The summed E-state index contributed by atoms with van der Waals surface area (Å²) in [6.45, 7) is 12.2. The standard InChI is InChI=1S/C20H33N3O/c1-15-9-11-23(12-10-15)14-17-7-5-16(6-8-17)13-22-19(24)18(21)20(2,3)4/h5-8,15,18H,9-14,21H2,1-4H3,(H,22,24)/t18-/m1/s1. The molecule has 0 radical (unpaired) electrons. The quantitative estimate of drug-likeness (QED) is 0.872. The average Bonchev–Trinajstić information content (AvgIpc) is 2.54. The van der Waals surface area contributed by atoms with Crippen LogP contribution in [0.2, 0.25) is 0 Å². The van der Waals surface area contributed by atoms with Crippen LogP contribution in [-0.4, -0.2) is 29.9 Å². The van der Waals surface area contributed by atoms with Crippen LogP contribution in [0, 0.1) is 11.3 Å². The van der Waals surface area contributed by atoms with Crippen molar-refractivity contribution in [1.29, 1.82) is 0 Å². The van der Waals surface area contributed by atoms with Crippen LogP contribution in [0.1, 0.15) is 51.7 Å². The van der Waals surface area contributed by atoms with E-state index in [9.17, 15) is 4.79 Å². The number of carbonyl (C=O) groups is 1. The van der Waals surface area contributed by atoms with Gasteiger partial charge in [-0.05, 0) is 48.4 Å². The minimum Gasteiger partial charge on any atom is -0.351 e. The van der Waals surface area contributed by atoms with Crippen molar-refractivity contribution in [3.63, 3.8) is 0 Å². The van der Waals surface area contributed by atoms with E-state index in [2.05, 4.69) is 41.4 Å². The topological polar surface area (TPSA) is 58.4 Å². The predicted octanol–water partition coefficient (Wildman–Crippen LogP) is 2.91. The summed E-state index contributed by atoms with van der Waals surface area (Å²) in [6, 6.07) is 8.06. The maximum absolute atomic E-state index is 12.1. The fourth-order valence-corrected chi connectivity index (χ4v) is 2.93. The molecule has 4 nitrogen and oxygen atoms in total. The van der Waals surface area contributed by atoms with Gasteiger partial charge in [-0.1, -0.05) is 52.0 Å². The zero-order valence-corrected chi connectivity index (χ0v) is 15.6. The lowest BCUT2D eigenvalue weighted by Crippen LogP contribution is -2.48. The number of nitrogens with zero attached hydrogens (tertiary/aromatic N) is 1. The number of rotatable bonds is 5. The molecule has 1 aromatic carbocycles. The van der Waals surface area contributed by atoms with Crippen molar-refractivity contribution in [2.75, 3.05) is 13.1 Å². The molecule has 1 aliphatic rings. The Bertz CT molecular complexity index is 525. The Kier molecular flexibility index (Phi) is 6.41. The summed E-state index contributed by atoms with van der Waals surface area (Å²) < 4.78 is 0.